The van der Waals surface area contributed by atoms with E-state index in [9.17, 15) is 0 Å². The molecular formula is C14H22N4S. The largest absolute Gasteiger partial charge is 0.345 e. The molecule has 19 heavy (non-hydrogen) atoms. The number of aromatic nitrogens is 2. The highest BCUT2D eigenvalue weighted by Gasteiger charge is 2.07. The van der Waals surface area contributed by atoms with E-state index in [2.05, 4.69) is 52.4 Å². The number of rotatable bonds is 6. The zero-order valence-electron chi connectivity index (χ0n) is 12.1. The smallest absolute Gasteiger partial charge is 0.120 e. The molecule has 2 aromatic heterocycles. The van der Waals surface area contributed by atoms with Crippen molar-refractivity contribution in [1.82, 2.24) is 19.8 Å². The second-order valence-electron chi connectivity index (χ2n) is 5.34. The van der Waals surface area contributed by atoms with Gasteiger partial charge >= 0.3 is 0 Å². The van der Waals surface area contributed by atoms with Gasteiger partial charge in [-0.15, -0.1) is 11.3 Å². The van der Waals surface area contributed by atoms with Crippen molar-refractivity contribution < 1.29 is 0 Å². The highest BCUT2D eigenvalue weighted by molar-refractivity contribution is 7.10. The molecular weight excluding hydrogens is 256 g/mol. The summed E-state index contributed by atoms with van der Waals surface area (Å²) in [6, 6.07) is 2.30. The zero-order valence-corrected chi connectivity index (χ0v) is 12.9. The lowest BCUT2D eigenvalue weighted by molar-refractivity contribution is 0.314. The molecule has 5 heteroatoms. The minimum Gasteiger partial charge on any atom is -0.345 e. The van der Waals surface area contributed by atoms with Gasteiger partial charge in [0, 0.05) is 29.9 Å². The Morgan fingerprint density at radius 1 is 1.21 bits per heavy atom. The molecule has 0 aliphatic heterocycles. The minimum atomic E-state index is 0.856. The van der Waals surface area contributed by atoms with Crippen LogP contribution in [0.1, 0.15) is 22.0 Å². The molecule has 0 bridgehead atoms. The Morgan fingerprint density at radius 2 is 2.00 bits per heavy atom. The van der Waals surface area contributed by atoms with Crippen molar-refractivity contribution in [1.29, 1.82) is 0 Å². The maximum absolute atomic E-state index is 4.34. The van der Waals surface area contributed by atoms with Gasteiger partial charge in [-0.1, -0.05) is 0 Å². The van der Waals surface area contributed by atoms with Crippen LogP contribution in [0.15, 0.2) is 17.6 Å². The molecule has 0 unspecified atom stereocenters. The Labute approximate surface area is 119 Å². The van der Waals surface area contributed by atoms with Crippen LogP contribution in [0.25, 0.3) is 0 Å². The van der Waals surface area contributed by atoms with Crippen LogP contribution in [0.5, 0.6) is 0 Å². The Balaban J connectivity index is 1.88. The van der Waals surface area contributed by atoms with Crippen molar-refractivity contribution in [3.05, 3.63) is 39.6 Å². The Kier molecular flexibility index (Phi) is 4.74. The van der Waals surface area contributed by atoms with E-state index in [0.29, 0.717) is 0 Å². The van der Waals surface area contributed by atoms with Gasteiger partial charge in [0.1, 0.15) is 5.82 Å². The number of H-pyrrole nitrogens is 1. The van der Waals surface area contributed by atoms with Gasteiger partial charge in [0.05, 0.1) is 6.54 Å². The van der Waals surface area contributed by atoms with Crippen molar-refractivity contribution in [2.24, 2.45) is 0 Å². The summed E-state index contributed by atoms with van der Waals surface area (Å²) in [6.45, 7) is 4.87. The van der Waals surface area contributed by atoms with Crippen LogP contribution in [0.4, 0.5) is 0 Å². The molecule has 0 aromatic carbocycles. The molecule has 0 saturated carbocycles. The summed E-state index contributed by atoms with van der Waals surface area (Å²) in [6.07, 6.45) is 1.88. The van der Waals surface area contributed by atoms with Crippen molar-refractivity contribution in [3.63, 3.8) is 0 Å². The predicted octanol–water partition coefficient (Wildman–Crippen LogP) is 2.47. The molecule has 0 saturated heterocycles. The maximum Gasteiger partial charge on any atom is 0.120 e. The van der Waals surface area contributed by atoms with Crippen LogP contribution >= 0.6 is 11.3 Å². The number of aryl methyl sites for hydroxylation is 1. The first-order valence-electron chi connectivity index (χ1n) is 6.43. The van der Waals surface area contributed by atoms with Gasteiger partial charge in [-0.2, -0.15) is 0 Å². The molecule has 4 nitrogen and oxygen atoms in total. The van der Waals surface area contributed by atoms with E-state index < -0.39 is 0 Å². The summed E-state index contributed by atoms with van der Waals surface area (Å²) in [4.78, 5) is 13.5. The molecule has 104 valence electrons. The van der Waals surface area contributed by atoms with Crippen molar-refractivity contribution in [2.45, 2.75) is 26.6 Å². The quantitative estimate of drug-likeness (QED) is 0.881. The third-order valence-electron chi connectivity index (χ3n) is 2.81. The molecule has 0 amide bonds. The second kappa shape index (κ2) is 6.32. The third-order valence-corrected chi connectivity index (χ3v) is 3.78. The van der Waals surface area contributed by atoms with Crippen LogP contribution in [-0.4, -0.2) is 40.9 Å². The molecule has 0 atom stereocenters. The normalized spacial score (nSPS) is 11.7. The minimum absolute atomic E-state index is 0.856. The first kappa shape index (κ1) is 14.2. The highest BCUT2D eigenvalue weighted by Crippen LogP contribution is 2.18. The lowest BCUT2D eigenvalue weighted by atomic mass is 10.3. The fourth-order valence-electron chi connectivity index (χ4n) is 2.08. The SMILES string of the molecule is Cc1cnc(CN(C)Cc2cc(CN(C)C)cs2)[nH]1. The van der Waals surface area contributed by atoms with Crippen LogP contribution in [0.2, 0.25) is 0 Å². The monoisotopic (exact) mass is 278 g/mol. The molecule has 2 rings (SSSR count). The molecule has 0 fully saturated rings. The van der Waals surface area contributed by atoms with Crippen LogP contribution in [0.3, 0.4) is 0 Å². The summed E-state index contributed by atoms with van der Waals surface area (Å²) in [5.41, 5.74) is 2.51. The molecule has 2 heterocycles. The summed E-state index contributed by atoms with van der Waals surface area (Å²) < 4.78 is 0. The van der Waals surface area contributed by atoms with Crippen LogP contribution in [-0.2, 0) is 19.6 Å². The highest BCUT2D eigenvalue weighted by atomic mass is 32.1. The average Bonchev–Trinajstić information content (AvgIpc) is 2.88. The fraction of sp³-hybridized carbons (Fsp3) is 0.500. The zero-order chi connectivity index (χ0) is 13.8. The average molecular weight is 278 g/mol. The van der Waals surface area contributed by atoms with E-state index in [-0.39, 0.29) is 0 Å². The number of nitrogens with one attached hydrogen (secondary N) is 1. The Morgan fingerprint density at radius 3 is 2.63 bits per heavy atom. The van der Waals surface area contributed by atoms with Crippen molar-refractivity contribution >= 4 is 11.3 Å². The molecule has 1 N–H and O–H groups in total. The lowest BCUT2D eigenvalue weighted by Gasteiger charge is -2.13. The third kappa shape index (κ3) is 4.45. The van der Waals surface area contributed by atoms with Gasteiger partial charge in [0.25, 0.3) is 0 Å². The van der Waals surface area contributed by atoms with Gasteiger partial charge in [-0.3, -0.25) is 4.90 Å². The van der Waals surface area contributed by atoms with E-state index in [4.69, 9.17) is 0 Å². The van der Waals surface area contributed by atoms with Gasteiger partial charge in [0.2, 0.25) is 0 Å². The van der Waals surface area contributed by atoms with Gasteiger partial charge in [-0.25, -0.2) is 4.98 Å². The first-order valence-corrected chi connectivity index (χ1v) is 7.31. The number of thiophene rings is 1. The van der Waals surface area contributed by atoms with Crippen molar-refractivity contribution in [2.75, 3.05) is 21.1 Å². The number of imidazole rings is 1. The second-order valence-corrected chi connectivity index (χ2v) is 6.34. The topological polar surface area (TPSA) is 35.2 Å². The lowest BCUT2D eigenvalue weighted by Crippen LogP contribution is -2.17. The number of hydrogen-bond donors (Lipinski definition) is 1. The van der Waals surface area contributed by atoms with Crippen LogP contribution in [0, 0.1) is 6.92 Å². The molecule has 0 spiro atoms. The molecule has 2 aromatic rings. The number of nitrogens with zero attached hydrogens (tertiary/aromatic N) is 3. The summed E-state index contributed by atoms with van der Waals surface area (Å²) in [5.74, 6) is 1.03. The van der Waals surface area contributed by atoms with E-state index in [1.54, 1.807) is 0 Å². The van der Waals surface area contributed by atoms with Gasteiger partial charge in [-0.05, 0) is 45.1 Å². The van der Waals surface area contributed by atoms with Crippen molar-refractivity contribution in [3.8, 4) is 0 Å². The molecule has 0 aliphatic carbocycles. The van der Waals surface area contributed by atoms with E-state index in [1.807, 2.05) is 24.5 Å². The maximum atomic E-state index is 4.34. The summed E-state index contributed by atoms with van der Waals surface area (Å²) >= 11 is 1.84. The first-order chi connectivity index (χ1) is 9.02. The Bertz CT molecular complexity index is 515. The Hall–Kier alpha value is -1.17. The van der Waals surface area contributed by atoms with E-state index in [1.165, 1.54) is 10.4 Å². The standard InChI is InChI=1S/C14H22N4S/c1-11-6-15-14(16-11)9-18(4)8-13-5-12(10-19-13)7-17(2)3/h5-6,10H,7-9H2,1-4H3,(H,15,16). The summed E-state index contributed by atoms with van der Waals surface area (Å²) in [5, 5.41) is 2.25. The van der Waals surface area contributed by atoms with Gasteiger partial charge in [0.15, 0.2) is 0 Å². The van der Waals surface area contributed by atoms with E-state index >= 15 is 0 Å². The molecule has 0 aliphatic rings. The number of hydrogen-bond acceptors (Lipinski definition) is 4. The number of aromatic amines is 1. The molecule has 0 radical (unpaired) electrons. The fourth-order valence-corrected chi connectivity index (χ4v) is 3.04. The van der Waals surface area contributed by atoms with Crippen LogP contribution < -0.4 is 0 Å². The van der Waals surface area contributed by atoms with Gasteiger partial charge < -0.3 is 9.88 Å². The predicted molar refractivity (Wildman–Crippen MR) is 80.2 cm³/mol. The van der Waals surface area contributed by atoms with E-state index in [0.717, 1.165) is 31.2 Å². The summed E-state index contributed by atoms with van der Waals surface area (Å²) in [7, 11) is 6.33.